The maximum absolute atomic E-state index is 11.4. The van der Waals surface area contributed by atoms with E-state index in [1.165, 1.54) is 0 Å². The van der Waals surface area contributed by atoms with Gasteiger partial charge in [-0.25, -0.2) is 0 Å². The van der Waals surface area contributed by atoms with Gasteiger partial charge in [-0.3, -0.25) is 9.48 Å². The van der Waals surface area contributed by atoms with Crippen LogP contribution in [-0.2, 0) is 17.9 Å². The van der Waals surface area contributed by atoms with Crippen LogP contribution in [0, 0.1) is 0 Å². The van der Waals surface area contributed by atoms with E-state index in [9.17, 15) is 4.79 Å². The molecule has 94 valence electrons. The Morgan fingerprint density at radius 3 is 3.12 bits per heavy atom. The lowest BCUT2D eigenvalue weighted by atomic mass is 10.4. The van der Waals surface area contributed by atoms with E-state index in [2.05, 4.69) is 22.7 Å². The van der Waals surface area contributed by atoms with E-state index in [1.807, 2.05) is 10.7 Å². The van der Waals surface area contributed by atoms with Crippen molar-refractivity contribution in [3.05, 3.63) is 18.0 Å². The van der Waals surface area contributed by atoms with Crippen LogP contribution >= 0.6 is 0 Å². The number of nitrogens with one attached hydrogen (secondary N) is 2. The van der Waals surface area contributed by atoms with Crippen LogP contribution in [0.15, 0.2) is 12.3 Å². The van der Waals surface area contributed by atoms with E-state index in [1.54, 1.807) is 6.20 Å². The van der Waals surface area contributed by atoms with Crippen LogP contribution in [-0.4, -0.2) is 28.3 Å². The second-order valence-corrected chi connectivity index (χ2v) is 4.49. The number of rotatable bonds is 7. The van der Waals surface area contributed by atoms with E-state index in [4.69, 9.17) is 0 Å². The third-order valence-electron chi connectivity index (χ3n) is 2.77. The maximum Gasteiger partial charge on any atom is 0.234 e. The van der Waals surface area contributed by atoms with Crippen molar-refractivity contribution in [1.29, 1.82) is 0 Å². The molecule has 2 N–H and O–H groups in total. The quantitative estimate of drug-likeness (QED) is 0.731. The van der Waals surface area contributed by atoms with Gasteiger partial charge in [0.2, 0.25) is 5.91 Å². The number of hydrogen-bond donors (Lipinski definition) is 2. The van der Waals surface area contributed by atoms with Gasteiger partial charge in [0.1, 0.15) is 0 Å². The zero-order valence-corrected chi connectivity index (χ0v) is 10.3. The molecule has 1 aliphatic carbocycles. The molecule has 0 spiro atoms. The zero-order valence-electron chi connectivity index (χ0n) is 10.3. The molecule has 5 heteroatoms. The first-order valence-electron chi connectivity index (χ1n) is 6.30. The predicted molar refractivity (Wildman–Crippen MR) is 65.4 cm³/mol. The van der Waals surface area contributed by atoms with E-state index in [0.29, 0.717) is 19.1 Å². The van der Waals surface area contributed by atoms with Crippen molar-refractivity contribution in [2.75, 3.05) is 6.54 Å². The molecular weight excluding hydrogens is 216 g/mol. The Hall–Kier alpha value is -1.36. The first kappa shape index (κ1) is 12.1. The molecule has 1 heterocycles. The first-order chi connectivity index (χ1) is 8.29. The van der Waals surface area contributed by atoms with Crippen LogP contribution in [0.4, 0.5) is 0 Å². The summed E-state index contributed by atoms with van der Waals surface area (Å²) in [5, 5.41) is 10.3. The lowest BCUT2D eigenvalue weighted by Crippen LogP contribution is -2.35. The second kappa shape index (κ2) is 5.82. The minimum atomic E-state index is 0.0917. The van der Waals surface area contributed by atoms with Crippen molar-refractivity contribution in [2.45, 2.75) is 45.3 Å². The van der Waals surface area contributed by atoms with Gasteiger partial charge in [-0.05, 0) is 25.3 Å². The van der Waals surface area contributed by atoms with Crippen molar-refractivity contribution >= 4 is 5.91 Å². The fourth-order valence-corrected chi connectivity index (χ4v) is 1.73. The van der Waals surface area contributed by atoms with E-state index < -0.39 is 0 Å². The highest BCUT2D eigenvalue weighted by Gasteiger charge is 2.22. The summed E-state index contributed by atoms with van der Waals surface area (Å²) in [6.07, 6.45) is 5.14. The Labute approximate surface area is 102 Å². The molecule has 0 unspecified atom stereocenters. The molecule has 0 bridgehead atoms. The van der Waals surface area contributed by atoms with Gasteiger partial charge in [-0.15, -0.1) is 0 Å². The molecule has 1 fully saturated rings. The molecule has 1 saturated carbocycles. The molecule has 0 saturated heterocycles. The highest BCUT2D eigenvalue weighted by Crippen LogP contribution is 2.18. The number of carbonyl (C=O) groups is 1. The molecule has 1 aromatic rings. The van der Waals surface area contributed by atoms with Gasteiger partial charge in [-0.1, -0.05) is 6.92 Å². The summed E-state index contributed by atoms with van der Waals surface area (Å²) < 4.78 is 1.98. The summed E-state index contributed by atoms with van der Waals surface area (Å²) in [6, 6.07) is 2.43. The summed E-state index contributed by atoms with van der Waals surface area (Å²) in [5.74, 6) is 0.0917. The Morgan fingerprint density at radius 1 is 1.59 bits per heavy atom. The topological polar surface area (TPSA) is 59.0 Å². The van der Waals surface area contributed by atoms with E-state index in [-0.39, 0.29) is 5.91 Å². The molecular formula is C12H20N4O. The van der Waals surface area contributed by atoms with Crippen LogP contribution in [0.25, 0.3) is 0 Å². The van der Waals surface area contributed by atoms with Crippen LogP contribution in [0.5, 0.6) is 0 Å². The SMILES string of the molecule is CCCn1nccc1CNCC(=O)NC1CC1. The molecule has 17 heavy (non-hydrogen) atoms. The van der Waals surface area contributed by atoms with Gasteiger partial charge in [0.05, 0.1) is 12.2 Å². The molecule has 0 aromatic carbocycles. The van der Waals surface area contributed by atoms with Gasteiger partial charge in [-0.2, -0.15) is 5.10 Å². The largest absolute Gasteiger partial charge is 0.352 e. The van der Waals surface area contributed by atoms with Gasteiger partial charge in [0.15, 0.2) is 0 Å². The molecule has 2 rings (SSSR count). The first-order valence-corrected chi connectivity index (χ1v) is 6.30. The molecule has 1 aliphatic rings. The standard InChI is InChI=1S/C12H20N4O/c1-2-7-16-11(5-6-14-16)8-13-9-12(17)15-10-3-4-10/h5-6,10,13H,2-4,7-9H2,1H3,(H,15,17). The Balaban J connectivity index is 1.69. The minimum absolute atomic E-state index is 0.0917. The smallest absolute Gasteiger partial charge is 0.234 e. The Kier molecular flexibility index (Phi) is 4.14. The number of carbonyl (C=O) groups excluding carboxylic acids is 1. The van der Waals surface area contributed by atoms with Crippen LogP contribution in [0.3, 0.4) is 0 Å². The fraction of sp³-hybridized carbons (Fsp3) is 0.667. The zero-order chi connectivity index (χ0) is 12.1. The van der Waals surface area contributed by atoms with Gasteiger partial charge in [0.25, 0.3) is 0 Å². The predicted octanol–water partition coefficient (Wildman–Crippen LogP) is 0.661. The Bertz CT molecular complexity index is 370. The molecule has 1 amide bonds. The van der Waals surface area contributed by atoms with Crippen LogP contribution in [0.2, 0.25) is 0 Å². The van der Waals surface area contributed by atoms with E-state index >= 15 is 0 Å². The molecule has 1 aromatic heterocycles. The lowest BCUT2D eigenvalue weighted by Gasteiger charge is -2.08. The average Bonchev–Trinajstić information content (AvgIpc) is 3.00. The minimum Gasteiger partial charge on any atom is -0.352 e. The van der Waals surface area contributed by atoms with Gasteiger partial charge in [0, 0.05) is 25.3 Å². The van der Waals surface area contributed by atoms with Gasteiger partial charge >= 0.3 is 0 Å². The normalized spacial score (nSPS) is 14.9. The Morgan fingerprint density at radius 2 is 2.41 bits per heavy atom. The van der Waals surface area contributed by atoms with Crippen molar-refractivity contribution in [3.63, 3.8) is 0 Å². The van der Waals surface area contributed by atoms with Crippen molar-refractivity contribution in [2.24, 2.45) is 0 Å². The molecule has 0 aliphatic heterocycles. The highest BCUT2D eigenvalue weighted by atomic mass is 16.2. The maximum atomic E-state index is 11.4. The average molecular weight is 236 g/mol. The summed E-state index contributed by atoms with van der Waals surface area (Å²) in [5.41, 5.74) is 1.13. The summed E-state index contributed by atoms with van der Waals surface area (Å²) in [7, 11) is 0. The lowest BCUT2D eigenvalue weighted by molar-refractivity contribution is -0.120. The van der Waals surface area contributed by atoms with Crippen molar-refractivity contribution < 1.29 is 4.79 Å². The monoisotopic (exact) mass is 236 g/mol. The van der Waals surface area contributed by atoms with E-state index in [0.717, 1.165) is 31.5 Å². The molecule has 0 radical (unpaired) electrons. The number of hydrogen-bond acceptors (Lipinski definition) is 3. The molecule has 5 nitrogen and oxygen atoms in total. The number of aryl methyl sites for hydroxylation is 1. The van der Waals surface area contributed by atoms with Crippen molar-refractivity contribution in [3.8, 4) is 0 Å². The third-order valence-corrected chi connectivity index (χ3v) is 2.77. The van der Waals surface area contributed by atoms with Crippen LogP contribution < -0.4 is 10.6 Å². The van der Waals surface area contributed by atoms with Gasteiger partial charge < -0.3 is 10.6 Å². The number of aromatic nitrogens is 2. The summed E-state index contributed by atoms with van der Waals surface area (Å²) in [4.78, 5) is 11.4. The second-order valence-electron chi connectivity index (χ2n) is 4.49. The summed E-state index contributed by atoms with van der Waals surface area (Å²) in [6.45, 7) is 4.13. The van der Waals surface area contributed by atoms with Crippen molar-refractivity contribution in [1.82, 2.24) is 20.4 Å². The fourth-order valence-electron chi connectivity index (χ4n) is 1.73. The molecule has 0 atom stereocenters. The summed E-state index contributed by atoms with van der Waals surface area (Å²) >= 11 is 0. The number of nitrogens with zero attached hydrogens (tertiary/aromatic N) is 2. The number of amides is 1. The highest BCUT2D eigenvalue weighted by molar-refractivity contribution is 5.78. The third kappa shape index (κ3) is 3.85. The van der Waals surface area contributed by atoms with Crippen LogP contribution in [0.1, 0.15) is 31.9 Å².